The van der Waals surface area contributed by atoms with E-state index in [0.717, 1.165) is 43.3 Å². The van der Waals surface area contributed by atoms with Crippen molar-refractivity contribution >= 4 is 0 Å². The highest BCUT2D eigenvalue weighted by atomic mass is 16.3. The summed E-state index contributed by atoms with van der Waals surface area (Å²) >= 11 is 0. The second-order valence-electron chi connectivity index (χ2n) is 3.26. The molecule has 1 aromatic heterocycles. The lowest BCUT2D eigenvalue weighted by atomic mass is 10.3. The third-order valence-corrected chi connectivity index (χ3v) is 2.51. The number of aliphatic hydroxyl groups is 1. The Balaban J connectivity index is 2.44. The smallest absolute Gasteiger partial charge is 0.109 e. The molecular weight excluding hydrogens is 166 g/mol. The number of fused-ring (bicyclic) bond motifs is 1. The van der Waals surface area contributed by atoms with E-state index in [-0.39, 0.29) is 6.61 Å². The van der Waals surface area contributed by atoms with Gasteiger partial charge in [0.2, 0.25) is 0 Å². The molecule has 0 atom stereocenters. The Labute approximate surface area is 77.6 Å². The summed E-state index contributed by atoms with van der Waals surface area (Å²) in [5, 5.41) is 12.4. The average molecular weight is 181 g/mol. The summed E-state index contributed by atoms with van der Waals surface area (Å²) in [6, 6.07) is 0. The predicted molar refractivity (Wildman–Crippen MR) is 49.2 cm³/mol. The van der Waals surface area contributed by atoms with Gasteiger partial charge in [-0.1, -0.05) is 6.92 Å². The molecule has 2 N–H and O–H groups in total. The van der Waals surface area contributed by atoms with Gasteiger partial charge in [0.1, 0.15) is 5.82 Å². The standard InChI is InChI=1S/C9H15N3O/c1-2-9-11-7(6-13)8-5-10-3-4-12(8)9/h10,13H,2-6H2,1H3. The van der Waals surface area contributed by atoms with E-state index in [1.165, 1.54) is 0 Å². The highest BCUT2D eigenvalue weighted by Crippen LogP contribution is 2.15. The number of nitrogens with zero attached hydrogens (tertiary/aromatic N) is 2. The van der Waals surface area contributed by atoms with Crippen LogP contribution in [0.5, 0.6) is 0 Å². The first kappa shape index (κ1) is 8.72. The fraction of sp³-hybridized carbons (Fsp3) is 0.667. The minimum Gasteiger partial charge on any atom is -0.390 e. The molecular formula is C9H15N3O. The Morgan fingerprint density at radius 1 is 1.62 bits per heavy atom. The average Bonchev–Trinajstić information content (AvgIpc) is 2.56. The van der Waals surface area contributed by atoms with Crippen molar-refractivity contribution in [3.05, 3.63) is 17.2 Å². The normalized spacial score (nSPS) is 15.8. The Hall–Kier alpha value is -0.870. The molecule has 4 heteroatoms. The zero-order chi connectivity index (χ0) is 9.26. The SMILES string of the molecule is CCc1nc(CO)c2n1CCNC2. The van der Waals surface area contributed by atoms with Gasteiger partial charge in [0.05, 0.1) is 18.0 Å². The van der Waals surface area contributed by atoms with Gasteiger partial charge in [-0.3, -0.25) is 0 Å². The first-order valence-corrected chi connectivity index (χ1v) is 4.75. The molecule has 0 saturated heterocycles. The van der Waals surface area contributed by atoms with E-state index in [1.807, 2.05) is 0 Å². The van der Waals surface area contributed by atoms with Crippen molar-refractivity contribution in [2.45, 2.75) is 33.0 Å². The van der Waals surface area contributed by atoms with E-state index < -0.39 is 0 Å². The second kappa shape index (κ2) is 3.47. The van der Waals surface area contributed by atoms with Gasteiger partial charge in [-0.15, -0.1) is 0 Å². The number of aromatic nitrogens is 2. The van der Waals surface area contributed by atoms with Crippen LogP contribution in [0.2, 0.25) is 0 Å². The summed E-state index contributed by atoms with van der Waals surface area (Å²) in [5.41, 5.74) is 2.00. The van der Waals surface area contributed by atoms with Gasteiger partial charge in [0, 0.05) is 26.1 Å². The highest BCUT2D eigenvalue weighted by Gasteiger charge is 2.17. The Morgan fingerprint density at radius 3 is 3.15 bits per heavy atom. The maximum atomic E-state index is 9.10. The Kier molecular flexibility index (Phi) is 2.33. The third kappa shape index (κ3) is 1.36. The molecule has 0 saturated carbocycles. The molecule has 0 unspecified atom stereocenters. The van der Waals surface area contributed by atoms with Gasteiger partial charge in [-0.2, -0.15) is 0 Å². The Bertz CT molecular complexity index is 278. The summed E-state index contributed by atoms with van der Waals surface area (Å²) < 4.78 is 2.22. The fourth-order valence-electron chi connectivity index (χ4n) is 1.85. The quantitative estimate of drug-likeness (QED) is 0.677. The molecule has 0 aromatic carbocycles. The molecule has 0 fully saturated rings. The molecule has 72 valence electrons. The van der Waals surface area contributed by atoms with Crippen LogP contribution >= 0.6 is 0 Å². The van der Waals surface area contributed by atoms with Crippen LogP contribution in [0.4, 0.5) is 0 Å². The summed E-state index contributed by atoms with van der Waals surface area (Å²) in [4.78, 5) is 4.40. The van der Waals surface area contributed by atoms with E-state index in [4.69, 9.17) is 5.11 Å². The molecule has 0 amide bonds. The van der Waals surface area contributed by atoms with Crippen molar-refractivity contribution in [1.82, 2.24) is 14.9 Å². The van der Waals surface area contributed by atoms with Gasteiger partial charge in [0.15, 0.2) is 0 Å². The van der Waals surface area contributed by atoms with Crippen molar-refractivity contribution in [1.29, 1.82) is 0 Å². The summed E-state index contributed by atoms with van der Waals surface area (Å²) in [6.45, 7) is 4.96. The summed E-state index contributed by atoms with van der Waals surface area (Å²) in [5.74, 6) is 1.10. The molecule has 4 nitrogen and oxygen atoms in total. The zero-order valence-electron chi connectivity index (χ0n) is 7.88. The minimum absolute atomic E-state index is 0.0526. The van der Waals surface area contributed by atoms with Crippen LogP contribution in [0.1, 0.15) is 24.1 Å². The molecule has 1 aliphatic heterocycles. The van der Waals surface area contributed by atoms with Crippen molar-refractivity contribution in [2.24, 2.45) is 0 Å². The molecule has 0 aliphatic carbocycles. The van der Waals surface area contributed by atoms with E-state index in [0.29, 0.717) is 0 Å². The van der Waals surface area contributed by atoms with E-state index >= 15 is 0 Å². The van der Waals surface area contributed by atoms with Crippen LogP contribution in [0.25, 0.3) is 0 Å². The van der Waals surface area contributed by atoms with Crippen molar-refractivity contribution < 1.29 is 5.11 Å². The van der Waals surface area contributed by atoms with Crippen molar-refractivity contribution in [3.8, 4) is 0 Å². The zero-order valence-corrected chi connectivity index (χ0v) is 7.88. The van der Waals surface area contributed by atoms with E-state index in [2.05, 4.69) is 21.8 Å². The monoisotopic (exact) mass is 181 g/mol. The molecule has 2 heterocycles. The van der Waals surface area contributed by atoms with E-state index in [9.17, 15) is 0 Å². The first-order valence-electron chi connectivity index (χ1n) is 4.75. The van der Waals surface area contributed by atoms with Crippen LogP contribution in [0.3, 0.4) is 0 Å². The van der Waals surface area contributed by atoms with Crippen LogP contribution < -0.4 is 5.32 Å². The largest absolute Gasteiger partial charge is 0.390 e. The fourth-order valence-corrected chi connectivity index (χ4v) is 1.85. The van der Waals surface area contributed by atoms with Crippen molar-refractivity contribution in [2.75, 3.05) is 6.54 Å². The number of hydrogen-bond acceptors (Lipinski definition) is 3. The van der Waals surface area contributed by atoms with Gasteiger partial charge in [-0.05, 0) is 0 Å². The van der Waals surface area contributed by atoms with Gasteiger partial charge in [-0.25, -0.2) is 4.98 Å². The number of aliphatic hydroxyl groups excluding tert-OH is 1. The molecule has 0 bridgehead atoms. The maximum absolute atomic E-state index is 9.10. The molecule has 0 radical (unpaired) electrons. The third-order valence-electron chi connectivity index (χ3n) is 2.51. The minimum atomic E-state index is 0.0526. The number of rotatable bonds is 2. The highest BCUT2D eigenvalue weighted by molar-refractivity contribution is 5.18. The maximum Gasteiger partial charge on any atom is 0.109 e. The van der Waals surface area contributed by atoms with Crippen LogP contribution in [0.15, 0.2) is 0 Å². The molecule has 1 aliphatic rings. The van der Waals surface area contributed by atoms with Gasteiger partial charge >= 0.3 is 0 Å². The number of hydrogen-bond donors (Lipinski definition) is 2. The van der Waals surface area contributed by atoms with Crippen molar-refractivity contribution in [3.63, 3.8) is 0 Å². The molecule has 13 heavy (non-hydrogen) atoms. The first-order chi connectivity index (χ1) is 6.36. The molecule has 2 rings (SSSR count). The number of aryl methyl sites for hydroxylation is 1. The van der Waals surface area contributed by atoms with Gasteiger partial charge < -0.3 is 15.0 Å². The topological polar surface area (TPSA) is 50.1 Å². The van der Waals surface area contributed by atoms with Crippen LogP contribution in [-0.2, 0) is 26.1 Å². The van der Waals surface area contributed by atoms with Crippen LogP contribution in [-0.4, -0.2) is 21.2 Å². The molecule has 1 aromatic rings. The van der Waals surface area contributed by atoms with E-state index in [1.54, 1.807) is 0 Å². The lowest BCUT2D eigenvalue weighted by Crippen LogP contribution is -2.29. The lowest BCUT2D eigenvalue weighted by Gasteiger charge is -2.18. The van der Waals surface area contributed by atoms with Gasteiger partial charge in [0.25, 0.3) is 0 Å². The summed E-state index contributed by atoms with van der Waals surface area (Å²) in [7, 11) is 0. The lowest BCUT2D eigenvalue weighted by molar-refractivity contribution is 0.274. The Morgan fingerprint density at radius 2 is 2.46 bits per heavy atom. The second-order valence-corrected chi connectivity index (χ2v) is 3.26. The predicted octanol–water partition coefficient (Wildman–Crippen LogP) is 0.0410. The number of imidazole rings is 1. The molecule has 0 spiro atoms. The number of nitrogens with one attached hydrogen (secondary N) is 1. The van der Waals surface area contributed by atoms with Crippen LogP contribution in [0, 0.1) is 0 Å². The summed E-state index contributed by atoms with van der Waals surface area (Å²) in [6.07, 6.45) is 0.937.